The van der Waals surface area contributed by atoms with Crippen molar-refractivity contribution in [1.29, 1.82) is 0 Å². The number of H-pyrrole nitrogens is 1. The first-order valence-electron chi connectivity index (χ1n) is 7.69. The van der Waals surface area contributed by atoms with Gasteiger partial charge in [0.15, 0.2) is 5.82 Å². The molecule has 0 aliphatic rings. The van der Waals surface area contributed by atoms with Crippen LogP contribution in [0, 0.1) is 0 Å². The minimum Gasteiger partial charge on any atom is -0.351 e. The van der Waals surface area contributed by atoms with Crippen LogP contribution in [0.4, 0.5) is 0 Å². The van der Waals surface area contributed by atoms with E-state index in [1.165, 1.54) is 0 Å². The second-order valence-electron chi connectivity index (χ2n) is 5.15. The number of nitrogens with zero attached hydrogens (tertiary/aromatic N) is 5. The highest BCUT2D eigenvalue weighted by molar-refractivity contribution is 7.08. The van der Waals surface area contributed by atoms with E-state index in [2.05, 4.69) is 35.1 Å². The van der Waals surface area contributed by atoms with E-state index < -0.39 is 0 Å². The molecule has 3 rings (SSSR count). The standard InChI is InChI=1S/C15H17N7OS/c1-2-4-11-13(24-22-19-11)15(23)17-8-6-12-18-14(21-20-12)10-5-3-7-16-9-10/h3,5,7,9H,2,4,6,8H2,1H3,(H,17,23)(H,18,20,21). The Morgan fingerprint density at radius 3 is 3.08 bits per heavy atom. The zero-order valence-corrected chi connectivity index (χ0v) is 14.0. The Hall–Kier alpha value is -2.68. The van der Waals surface area contributed by atoms with Gasteiger partial charge in [0.2, 0.25) is 0 Å². The lowest BCUT2D eigenvalue weighted by Crippen LogP contribution is -2.26. The summed E-state index contributed by atoms with van der Waals surface area (Å²) in [6.45, 7) is 2.51. The van der Waals surface area contributed by atoms with E-state index in [-0.39, 0.29) is 5.91 Å². The maximum Gasteiger partial charge on any atom is 0.264 e. The first-order chi connectivity index (χ1) is 11.8. The molecule has 0 bridgehead atoms. The third-order valence-corrected chi connectivity index (χ3v) is 4.11. The van der Waals surface area contributed by atoms with Gasteiger partial charge in [-0.15, -0.1) is 5.10 Å². The Kier molecular flexibility index (Phi) is 5.22. The SMILES string of the molecule is CCCc1nnsc1C(=O)NCCc1nc(-c2cccnc2)n[nH]1. The third kappa shape index (κ3) is 3.80. The van der Waals surface area contributed by atoms with Gasteiger partial charge in [-0.25, -0.2) is 4.98 Å². The second kappa shape index (κ2) is 7.73. The normalized spacial score (nSPS) is 10.7. The number of hydrogen-bond acceptors (Lipinski definition) is 7. The molecule has 3 heterocycles. The van der Waals surface area contributed by atoms with Gasteiger partial charge in [-0.3, -0.25) is 14.9 Å². The third-order valence-electron chi connectivity index (χ3n) is 3.35. The van der Waals surface area contributed by atoms with E-state index in [4.69, 9.17) is 0 Å². The molecule has 0 fully saturated rings. The maximum atomic E-state index is 12.2. The zero-order valence-electron chi connectivity index (χ0n) is 13.2. The summed E-state index contributed by atoms with van der Waals surface area (Å²) >= 11 is 1.13. The molecule has 0 unspecified atom stereocenters. The van der Waals surface area contributed by atoms with Crippen molar-refractivity contribution in [2.24, 2.45) is 0 Å². The van der Waals surface area contributed by atoms with E-state index >= 15 is 0 Å². The summed E-state index contributed by atoms with van der Waals surface area (Å²) in [5.41, 5.74) is 1.61. The number of rotatable bonds is 7. The van der Waals surface area contributed by atoms with Crippen LogP contribution in [-0.4, -0.2) is 42.2 Å². The highest BCUT2D eigenvalue weighted by Gasteiger charge is 2.15. The molecule has 24 heavy (non-hydrogen) atoms. The van der Waals surface area contributed by atoms with Gasteiger partial charge in [0.25, 0.3) is 5.91 Å². The van der Waals surface area contributed by atoms with Gasteiger partial charge in [-0.2, -0.15) is 5.10 Å². The van der Waals surface area contributed by atoms with Gasteiger partial charge in [0.1, 0.15) is 10.7 Å². The molecule has 1 amide bonds. The highest BCUT2D eigenvalue weighted by Crippen LogP contribution is 2.13. The molecule has 8 nitrogen and oxygen atoms in total. The summed E-state index contributed by atoms with van der Waals surface area (Å²) in [4.78, 5) is 21.2. The number of carbonyl (C=O) groups excluding carboxylic acids is 1. The average Bonchev–Trinajstić information content (AvgIpc) is 3.25. The molecule has 0 aliphatic carbocycles. The van der Waals surface area contributed by atoms with Crippen LogP contribution in [0.1, 0.15) is 34.5 Å². The summed E-state index contributed by atoms with van der Waals surface area (Å²) in [7, 11) is 0. The Morgan fingerprint density at radius 2 is 2.29 bits per heavy atom. The Balaban J connectivity index is 1.54. The van der Waals surface area contributed by atoms with Crippen molar-refractivity contribution in [3.8, 4) is 11.4 Å². The highest BCUT2D eigenvalue weighted by atomic mass is 32.1. The van der Waals surface area contributed by atoms with Crippen molar-refractivity contribution in [3.63, 3.8) is 0 Å². The molecule has 0 spiro atoms. The molecule has 0 radical (unpaired) electrons. The van der Waals surface area contributed by atoms with Crippen LogP contribution < -0.4 is 5.32 Å². The number of carbonyl (C=O) groups is 1. The summed E-state index contributed by atoms with van der Waals surface area (Å²) in [5, 5.41) is 13.9. The number of hydrogen-bond donors (Lipinski definition) is 2. The van der Waals surface area contributed by atoms with Crippen LogP contribution in [0.5, 0.6) is 0 Å². The molecule has 0 atom stereocenters. The number of amides is 1. The van der Waals surface area contributed by atoms with Crippen molar-refractivity contribution >= 4 is 17.4 Å². The molecular weight excluding hydrogens is 326 g/mol. The predicted octanol–water partition coefficient (Wildman–Crippen LogP) is 1.64. The lowest BCUT2D eigenvalue weighted by molar-refractivity contribution is 0.0957. The molecule has 3 aromatic heterocycles. The molecule has 3 aromatic rings. The van der Waals surface area contributed by atoms with Crippen LogP contribution in [0.2, 0.25) is 0 Å². The molecule has 9 heteroatoms. The van der Waals surface area contributed by atoms with Gasteiger partial charge >= 0.3 is 0 Å². The molecule has 2 N–H and O–H groups in total. The fraction of sp³-hybridized carbons (Fsp3) is 0.333. The monoisotopic (exact) mass is 343 g/mol. The minimum absolute atomic E-state index is 0.138. The average molecular weight is 343 g/mol. The summed E-state index contributed by atoms with van der Waals surface area (Å²) in [5.74, 6) is 1.17. The van der Waals surface area contributed by atoms with Crippen molar-refractivity contribution in [3.05, 3.63) is 40.9 Å². The lowest BCUT2D eigenvalue weighted by Gasteiger charge is -2.02. The Morgan fingerprint density at radius 1 is 1.38 bits per heavy atom. The summed E-state index contributed by atoms with van der Waals surface area (Å²) in [6, 6.07) is 3.73. The molecule has 0 aliphatic heterocycles. The van der Waals surface area contributed by atoms with Gasteiger partial charge in [-0.1, -0.05) is 17.8 Å². The summed E-state index contributed by atoms with van der Waals surface area (Å²) < 4.78 is 3.86. The van der Waals surface area contributed by atoms with Crippen LogP contribution in [-0.2, 0) is 12.8 Å². The smallest absolute Gasteiger partial charge is 0.264 e. The maximum absolute atomic E-state index is 12.2. The Bertz CT molecular complexity index is 799. The number of aromatic nitrogens is 6. The van der Waals surface area contributed by atoms with E-state index in [1.807, 2.05) is 19.1 Å². The predicted molar refractivity (Wildman–Crippen MR) is 89.6 cm³/mol. The van der Waals surface area contributed by atoms with Crippen LogP contribution in [0.25, 0.3) is 11.4 Å². The number of aryl methyl sites for hydroxylation is 1. The molecular formula is C15H17N7OS. The van der Waals surface area contributed by atoms with Crippen molar-refractivity contribution < 1.29 is 4.79 Å². The fourth-order valence-corrected chi connectivity index (χ4v) is 2.81. The van der Waals surface area contributed by atoms with Crippen LogP contribution in [0.3, 0.4) is 0 Å². The minimum atomic E-state index is -0.138. The molecule has 0 saturated heterocycles. The molecule has 124 valence electrons. The fourth-order valence-electron chi connectivity index (χ4n) is 2.19. The van der Waals surface area contributed by atoms with Crippen LogP contribution >= 0.6 is 11.5 Å². The van der Waals surface area contributed by atoms with E-state index in [0.29, 0.717) is 29.5 Å². The van der Waals surface area contributed by atoms with E-state index in [1.54, 1.807) is 12.4 Å². The first-order valence-corrected chi connectivity index (χ1v) is 8.46. The summed E-state index contributed by atoms with van der Waals surface area (Å²) in [6.07, 6.45) is 5.67. The van der Waals surface area contributed by atoms with Crippen LogP contribution in [0.15, 0.2) is 24.5 Å². The second-order valence-corrected chi connectivity index (χ2v) is 5.91. The van der Waals surface area contributed by atoms with E-state index in [9.17, 15) is 4.79 Å². The topological polar surface area (TPSA) is 109 Å². The quantitative estimate of drug-likeness (QED) is 0.675. The Labute approximate surface area is 142 Å². The van der Waals surface area contributed by atoms with Crippen molar-refractivity contribution in [2.75, 3.05) is 6.54 Å². The zero-order chi connectivity index (χ0) is 16.8. The van der Waals surface area contributed by atoms with Gasteiger partial charge in [0, 0.05) is 30.9 Å². The lowest BCUT2D eigenvalue weighted by atomic mass is 10.2. The van der Waals surface area contributed by atoms with Gasteiger partial charge in [-0.05, 0) is 30.1 Å². The van der Waals surface area contributed by atoms with E-state index in [0.717, 1.165) is 35.6 Å². The van der Waals surface area contributed by atoms with Gasteiger partial charge < -0.3 is 5.32 Å². The first kappa shape index (κ1) is 16.2. The van der Waals surface area contributed by atoms with Crippen molar-refractivity contribution in [1.82, 2.24) is 35.1 Å². The van der Waals surface area contributed by atoms with Crippen molar-refractivity contribution in [2.45, 2.75) is 26.2 Å². The molecule has 0 saturated carbocycles. The van der Waals surface area contributed by atoms with Gasteiger partial charge in [0.05, 0.1) is 5.69 Å². The number of pyridine rings is 1. The largest absolute Gasteiger partial charge is 0.351 e. The molecule has 0 aromatic carbocycles. The number of aromatic amines is 1. The number of nitrogens with one attached hydrogen (secondary N) is 2.